The molecule has 1 fully saturated rings. The number of rotatable bonds is 3. The van der Waals surface area contributed by atoms with Crippen molar-refractivity contribution in [2.45, 2.75) is 40.5 Å². The van der Waals surface area contributed by atoms with Gasteiger partial charge in [0.1, 0.15) is 0 Å². The summed E-state index contributed by atoms with van der Waals surface area (Å²) in [7, 11) is 2.21. The molecule has 0 aromatic carbocycles. The van der Waals surface area contributed by atoms with Gasteiger partial charge in [-0.05, 0) is 39.1 Å². The Kier molecular flexibility index (Phi) is 12.5. The molecule has 3 nitrogen and oxygen atoms in total. The maximum absolute atomic E-state index is 3.98. The van der Waals surface area contributed by atoms with Gasteiger partial charge in [0, 0.05) is 38.1 Å². The van der Waals surface area contributed by atoms with E-state index in [2.05, 4.69) is 28.8 Å². The van der Waals surface area contributed by atoms with E-state index in [0.29, 0.717) is 0 Å². The van der Waals surface area contributed by atoms with Gasteiger partial charge in [0.15, 0.2) is 0 Å². The zero-order chi connectivity index (χ0) is 15.2. The van der Waals surface area contributed by atoms with Gasteiger partial charge in [0.2, 0.25) is 0 Å². The second kappa shape index (κ2) is 13.1. The second-order valence-corrected chi connectivity index (χ2v) is 4.97. The predicted octanol–water partition coefficient (Wildman–Crippen LogP) is 3.45. The highest BCUT2D eigenvalue weighted by molar-refractivity contribution is 4.99. The van der Waals surface area contributed by atoms with Gasteiger partial charge in [-0.3, -0.25) is 4.98 Å². The van der Waals surface area contributed by atoms with Crippen LogP contribution in [0.5, 0.6) is 0 Å². The molecule has 20 heavy (non-hydrogen) atoms. The van der Waals surface area contributed by atoms with Gasteiger partial charge in [-0.15, -0.1) is 0 Å². The van der Waals surface area contributed by atoms with Crippen molar-refractivity contribution < 1.29 is 0 Å². The Morgan fingerprint density at radius 3 is 2.15 bits per heavy atom. The number of hydrogen-bond acceptors (Lipinski definition) is 3. The molecule has 0 spiro atoms. The van der Waals surface area contributed by atoms with Crippen LogP contribution in [0.15, 0.2) is 24.4 Å². The van der Waals surface area contributed by atoms with Crippen molar-refractivity contribution in [3.8, 4) is 0 Å². The van der Waals surface area contributed by atoms with Crippen molar-refractivity contribution >= 4 is 0 Å². The van der Waals surface area contributed by atoms with Gasteiger partial charge < -0.3 is 9.80 Å². The summed E-state index contributed by atoms with van der Waals surface area (Å²) in [6.45, 7) is 14.6. The number of pyridine rings is 1. The number of aromatic nitrogens is 1. The molecule has 1 aromatic rings. The van der Waals surface area contributed by atoms with Crippen LogP contribution in [0.25, 0.3) is 0 Å². The average Bonchev–Trinajstić information content (AvgIpc) is 2.50. The van der Waals surface area contributed by atoms with E-state index in [1.54, 1.807) is 6.20 Å². The SMILES string of the molecule is CC.CCCCN1CCN(C)CC1.Cc1ccccn1. The highest BCUT2D eigenvalue weighted by atomic mass is 15.2. The van der Waals surface area contributed by atoms with E-state index in [4.69, 9.17) is 0 Å². The topological polar surface area (TPSA) is 19.4 Å². The molecule has 116 valence electrons. The molecular formula is C17H33N3. The van der Waals surface area contributed by atoms with Crippen LogP contribution in [0.1, 0.15) is 39.3 Å². The van der Waals surface area contributed by atoms with Gasteiger partial charge in [-0.25, -0.2) is 0 Å². The Morgan fingerprint density at radius 1 is 1.10 bits per heavy atom. The largest absolute Gasteiger partial charge is 0.304 e. The first-order valence-corrected chi connectivity index (χ1v) is 8.01. The fourth-order valence-corrected chi connectivity index (χ4v) is 1.90. The first-order chi connectivity index (χ1) is 9.72. The predicted molar refractivity (Wildman–Crippen MR) is 89.2 cm³/mol. The second-order valence-electron chi connectivity index (χ2n) is 4.97. The highest BCUT2D eigenvalue weighted by Gasteiger charge is 2.11. The quantitative estimate of drug-likeness (QED) is 0.845. The lowest BCUT2D eigenvalue weighted by molar-refractivity contribution is 0.152. The maximum Gasteiger partial charge on any atom is 0.0372 e. The molecule has 0 radical (unpaired) electrons. The molecule has 0 unspecified atom stereocenters. The first kappa shape index (κ1) is 19.1. The van der Waals surface area contributed by atoms with E-state index in [9.17, 15) is 0 Å². The van der Waals surface area contributed by atoms with Gasteiger partial charge in [0.05, 0.1) is 0 Å². The molecule has 1 saturated heterocycles. The van der Waals surface area contributed by atoms with E-state index < -0.39 is 0 Å². The van der Waals surface area contributed by atoms with Crippen LogP contribution in [0.3, 0.4) is 0 Å². The molecule has 1 aliphatic heterocycles. The summed E-state index contributed by atoms with van der Waals surface area (Å²) in [6.07, 6.45) is 4.48. The van der Waals surface area contributed by atoms with Crippen LogP contribution in [0.4, 0.5) is 0 Å². The molecule has 0 atom stereocenters. The van der Waals surface area contributed by atoms with Crippen molar-refractivity contribution in [2.75, 3.05) is 39.8 Å². The highest BCUT2D eigenvalue weighted by Crippen LogP contribution is 2.00. The minimum absolute atomic E-state index is 1.07. The van der Waals surface area contributed by atoms with Gasteiger partial charge in [-0.2, -0.15) is 0 Å². The molecule has 1 aliphatic rings. The van der Waals surface area contributed by atoms with Crippen molar-refractivity contribution in [3.63, 3.8) is 0 Å². The molecule has 2 heterocycles. The number of piperazine rings is 1. The summed E-state index contributed by atoms with van der Waals surface area (Å²) in [5, 5.41) is 0. The van der Waals surface area contributed by atoms with E-state index in [1.165, 1.54) is 45.6 Å². The third kappa shape index (κ3) is 9.93. The molecule has 0 bridgehead atoms. The van der Waals surface area contributed by atoms with Crippen LogP contribution in [0.2, 0.25) is 0 Å². The Labute approximate surface area is 126 Å². The van der Waals surface area contributed by atoms with Crippen LogP contribution < -0.4 is 0 Å². The maximum atomic E-state index is 3.98. The average molecular weight is 279 g/mol. The number of nitrogens with zero attached hydrogens (tertiary/aromatic N) is 3. The summed E-state index contributed by atoms with van der Waals surface area (Å²) in [5.41, 5.74) is 1.07. The van der Waals surface area contributed by atoms with Gasteiger partial charge >= 0.3 is 0 Å². The fourth-order valence-electron chi connectivity index (χ4n) is 1.90. The van der Waals surface area contributed by atoms with Crippen LogP contribution in [-0.2, 0) is 0 Å². The van der Waals surface area contributed by atoms with Crippen molar-refractivity contribution in [1.29, 1.82) is 0 Å². The number of aryl methyl sites for hydroxylation is 1. The van der Waals surface area contributed by atoms with E-state index >= 15 is 0 Å². The zero-order valence-corrected chi connectivity index (χ0v) is 14.1. The van der Waals surface area contributed by atoms with Gasteiger partial charge in [0.25, 0.3) is 0 Å². The summed E-state index contributed by atoms with van der Waals surface area (Å²) in [6, 6.07) is 5.86. The monoisotopic (exact) mass is 279 g/mol. The lowest BCUT2D eigenvalue weighted by atomic mass is 10.3. The Balaban J connectivity index is 0.000000345. The molecule has 1 aromatic heterocycles. The summed E-state index contributed by atoms with van der Waals surface area (Å²) < 4.78 is 0. The lowest BCUT2D eigenvalue weighted by Gasteiger charge is -2.32. The molecule has 2 rings (SSSR count). The van der Waals surface area contributed by atoms with Crippen molar-refractivity contribution in [3.05, 3.63) is 30.1 Å². The minimum Gasteiger partial charge on any atom is -0.304 e. The molecule has 0 saturated carbocycles. The molecule has 0 amide bonds. The standard InChI is InChI=1S/C9H20N2.C6H7N.C2H6/c1-3-4-5-11-8-6-10(2)7-9-11;1-6-4-2-3-5-7-6;1-2/h3-9H2,1-2H3;2-5H,1H3;1-2H3. The van der Waals surface area contributed by atoms with E-state index in [1.807, 2.05) is 39.0 Å². The lowest BCUT2D eigenvalue weighted by Crippen LogP contribution is -2.44. The summed E-state index contributed by atoms with van der Waals surface area (Å²) in [5.74, 6) is 0. The Hall–Kier alpha value is -0.930. The van der Waals surface area contributed by atoms with Crippen LogP contribution >= 0.6 is 0 Å². The van der Waals surface area contributed by atoms with E-state index in [0.717, 1.165) is 5.69 Å². The Bertz CT molecular complexity index is 290. The normalized spacial score (nSPS) is 15.7. The van der Waals surface area contributed by atoms with Gasteiger partial charge in [-0.1, -0.05) is 33.3 Å². The molecular weight excluding hydrogens is 246 g/mol. The number of likely N-dealkylation sites (N-methyl/N-ethyl adjacent to an activating group) is 1. The third-order valence-electron chi connectivity index (χ3n) is 3.24. The third-order valence-corrected chi connectivity index (χ3v) is 3.24. The van der Waals surface area contributed by atoms with Crippen LogP contribution in [0, 0.1) is 6.92 Å². The molecule has 0 aliphatic carbocycles. The smallest absolute Gasteiger partial charge is 0.0372 e. The summed E-state index contributed by atoms with van der Waals surface area (Å²) >= 11 is 0. The Morgan fingerprint density at radius 2 is 1.75 bits per heavy atom. The van der Waals surface area contributed by atoms with E-state index in [-0.39, 0.29) is 0 Å². The molecule has 0 N–H and O–H groups in total. The van der Waals surface area contributed by atoms with Crippen molar-refractivity contribution in [1.82, 2.24) is 14.8 Å². The minimum atomic E-state index is 1.07. The fraction of sp³-hybridized carbons (Fsp3) is 0.706. The number of hydrogen-bond donors (Lipinski definition) is 0. The number of unbranched alkanes of at least 4 members (excludes halogenated alkanes) is 1. The molecule has 3 heteroatoms. The van der Waals surface area contributed by atoms with Crippen LogP contribution in [-0.4, -0.2) is 54.6 Å². The first-order valence-electron chi connectivity index (χ1n) is 8.01. The van der Waals surface area contributed by atoms with Crippen molar-refractivity contribution in [2.24, 2.45) is 0 Å². The summed E-state index contributed by atoms with van der Waals surface area (Å²) in [4.78, 5) is 8.96. The zero-order valence-electron chi connectivity index (χ0n) is 14.1.